The second-order valence-corrected chi connectivity index (χ2v) is 12.0. The number of hydrogen-bond donors (Lipinski definition) is 1. The highest BCUT2D eigenvalue weighted by Gasteiger charge is 2.39. The molecule has 1 N–H and O–H groups in total. The summed E-state index contributed by atoms with van der Waals surface area (Å²) in [7, 11) is 7.47. The summed E-state index contributed by atoms with van der Waals surface area (Å²) in [6, 6.07) is 16.5. The van der Waals surface area contributed by atoms with E-state index in [2.05, 4.69) is 68.0 Å². The van der Waals surface area contributed by atoms with Crippen molar-refractivity contribution in [3.8, 4) is 5.75 Å². The molecule has 0 amide bonds. The first-order chi connectivity index (χ1) is 20.0. The van der Waals surface area contributed by atoms with E-state index in [4.69, 9.17) is 18.9 Å². The fourth-order valence-electron chi connectivity index (χ4n) is 5.12. The van der Waals surface area contributed by atoms with E-state index < -0.39 is 0 Å². The Morgan fingerprint density at radius 1 is 1.02 bits per heavy atom. The van der Waals surface area contributed by atoms with Crippen LogP contribution in [0.1, 0.15) is 56.7 Å². The van der Waals surface area contributed by atoms with Crippen molar-refractivity contribution in [3.63, 3.8) is 0 Å². The first kappa shape index (κ1) is 35.9. The minimum absolute atomic E-state index is 0.0667. The molecule has 0 saturated carbocycles. The highest BCUT2D eigenvalue weighted by molar-refractivity contribution is 5.49. The van der Waals surface area contributed by atoms with Crippen molar-refractivity contribution in [1.82, 2.24) is 9.80 Å². The first-order valence-corrected chi connectivity index (χ1v) is 15.0. The van der Waals surface area contributed by atoms with Gasteiger partial charge >= 0.3 is 0 Å². The average molecular weight is 587 g/mol. The summed E-state index contributed by atoms with van der Waals surface area (Å²) in [6.45, 7) is 11.6. The van der Waals surface area contributed by atoms with Crippen LogP contribution in [0.5, 0.6) is 5.75 Å². The van der Waals surface area contributed by atoms with Gasteiger partial charge in [-0.25, -0.2) is 0 Å². The molecular weight excluding hydrogens is 532 g/mol. The number of carbonyl (C=O) groups excluding carboxylic acids is 1. The number of phenols is 1. The molecule has 1 heterocycles. The van der Waals surface area contributed by atoms with Gasteiger partial charge in [-0.1, -0.05) is 42.5 Å². The van der Waals surface area contributed by atoms with Crippen LogP contribution in [0.2, 0.25) is 0 Å². The monoisotopic (exact) mass is 586 g/mol. The van der Waals surface area contributed by atoms with Gasteiger partial charge in [-0.05, 0) is 84.4 Å². The van der Waals surface area contributed by atoms with Crippen molar-refractivity contribution in [1.29, 1.82) is 0 Å². The van der Waals surface area contributed by atoms with E-state index >= 15 is 0 Å². The molecule has 0 spiro atoms. The van der Waals surface area contributed by atoms with Crippen LogP contribution in [0.25, 0.3) is 0 Å². The van der Waals surface area contributed by atoms with E-state index in [9.17, 15) is 9.90 Å². The fourth-order valence-corrected chi connectivity index (χ4v) is 5.12. The number of likely N-dealkylation sites (tertiary alicyclic amines) is 1. The third-order valence-corrected chi connectivity index (χ3v) is 7.65. The number of aldehydes is 1. The molecule has 42 heavy (non-hydrogen) atoms. The molecule has 0 radical (unpaired) electrons. The van der Waals surface area contributed by atoms with Gasteiger partial charge in [0.25, 0.3) is 0 Å². The van der Waals surface area contributed by atoms with E-state index in [0.717, 1.165) is 69.5 Å². The molecule has 8 nitrogen and oxygen atoms in total. The van der Waals surface area contributed by atoms with Gasteiger partial charge in [0, 0.05) is 44.7 Å². The van der Waals surface area contributed by atoms with Crippen molar-refractivity contribution in [3.05, 3.63) is 65.2 Å². The molecule has 8 heteroatoms. The summed E-state index contributed by atoms with van der Waals surface area (Å²) in [5.74, 6) is 0.369. The quantitative estimate of drug-likeness (QED) is 0.179. The maximum absolute atomic E-state index is 10.7. The van der Waals surface area contributed by atoms with Gasteiger partial charge in [0.2, 0.25) is 0 Å². The lowest BCUT2D eigenvalue weighted by atomic mass is 9.67. The van der Waals surface area contributed by atoms with Crippen LogP contribution in [-0.2, 0) is 35.6 Å². The highest BCUT2D eigenvalue weighted by Crippen LogP contribution is 2.45. The molecule has 2 aromatic carbocycles. The van der Waals surface area contributed by atoms with Crippen LogP contribution in [0.3, 0.4) is 0 Å². The normalized spacial score (nSPS) is 15.5. The lowest BCUT2D eigenvalue weighted by Gasteiger charge is -2.42. The van der Waals surface area contributed by atoms with Gasteiger partial charge in [0.1, 0.15) is 12.0 Å². The zero-order valence-electron chi connectivity index (χ0n) is 26.9. The molecule has 0 aliphatic carbocycles. The van der Waals surface area contributed by atoms with E-state index in [1.807, 2.05) is 25.2 Å². The molecule has 0 unspecified atom stereocenters. The Kier molecular flexibility index (Phi) is 15.7. The molecule has 1 aliphatic heterocycles. The Bertz CT molecular complexity index is 1010. The summed E-state index contributed by atoms with van der Waals surface area (Å²) in [6.07, 6.45) is 3.90. The van der Waals surface area contributed by atoms with E-state index in [1.54, 1.807) is 14.2 Å². The molecule has 2 aromatic rings. The number of hydrogen-bond acceptors (Lipinski definition) is 8. The van der Waals surface area contributed by atoms with Crippen molar-refractivity contribution >= 4 is 6.29 Å². The summed E-state index contributed by atoms with van der Waals surface area (Å²) in [4.78, 5) is 14.9. The Balaban J connectivity index is 0.000000351. The number of piperidine rings is 1. The van der Waals surface area contributed by atoms with Crippen molar-refractivity contribution < 1.29 is 28.8 Å². The summed E-state index contributed by atoms with van der Waals surface area (Å²) >= 11 is 0. The minimum Gasteiger partial charge on any atom is -0.508 e. The van der Waals surface area contributed by atoms with E-state index in [-0.39, 0.29) is 17.3 Å². The fraction of sp³-hybridized carbons (Fsp3) is 0.618. The zero-order chi connectivity index (χ0) is 31.0. The Labute approximate surface area is 253 Å². The number of benzene rings is 2. The van der Waals surface area contributed by atoms with Crippen LogP contribution in [0, 0.1) is 0 Å². The number of likely N-dealkylation sites (N-methyl/N-ethyl adjacent to an activating group) is 1. The van der Waals surface area contributed by atoms with Gasteiger partial charge in [-0.3, -0.25) is 4.90 Å². The van der Waals surface area contributed by atoms with Gasteiger partial charge in [-0.2, -0.15) is 0 Å². The van der Waals surface area contributed by atoms with E-state index in [0.29, 0.717) is 25.4 Å². The lowest BCUT2D eigenvalue weighted by molar-refractivity contribution is -0.116. The molecule has 1 aliphatic rings. The predicted molar refractivity (Wildman–Crippen MR) is 168 cm³/mol. The minimum atomic E-state index is -0.162. The predicted octanol–water partition coefficient (Wildman–Crippen LogP) is 4.90. The molecule has 1 saturated heterocycles. The largest absolute Gasteiger partial charge is 0.508 e. The van der Waals surface area contributed by atoms with Crippen LogP contribution in [0.15, 0.2) is 48.5 Å². The van der Waals surface area contributed by atoms with Crippen molar-refractivity contribution in [2.75, 3.05) is 74.3 Å². The van der Waals surface area contributed by atoms with Gasteiger partial charge < -0.3 is 33.7 Å². The topological polar surface area (TPSA) is 80.7 Å². The number of methoxy groups -OCH3 is 2. The Morgan fingerprint density at radius 3 is 2.29 bits per heavy atom. The molecule has 0 atom stereocenters. The van der Waals surface area contributed by atoms with Crippen molar-refractivity contribution in [2.45, 2.75) is 63.8 Å². The Morgan fingerprint density at radius 2 is 1.69 bits per heavy atom. The number of ether oxygens (including phenoxy) is 4. The SMILES string of the molecule is CN1CCC(c2ccccc2)(c2cc(CCOCCC=O)ccc2O)CC1.COC(CN(C)CCOC(C)(C)C)OC. The maximum atomic E-state index is 10.7. The van der Waals surface area contributed by atoms with Crippen molar-refractivity contribution in [2.24, 2.45) is 0 Å². The van der Waals surface area contributed by atoms with Crippen LogP contribution in [0.4, 0.5) is 0 Å². The van der Waals surface area contributed by atoms with Gasteiger partial charge in [0.15, 0.2) is 6.29 Å². The number of aromatic hydroxyl groups is 1. The van der Waals surface area contributed by atoms with Crippen LogP contribution < -0.4 is 0 Å². The third kappa shape index (κ3) is 12.1. The molecular formula is C34H54N2O6. The number of nitrogens with zero attached hydrogens (tertiary/aromatic N) is 2. The maximum Gasteiger partial charge on any atom is 0.169 e. The number of carbonyl (C=O) groups is 1. The summed E-state index contributed by atoms with van der Waals surface area (Å²) in [5, 5.41) is 10.7. The summed E-state index contributed by atoms with van der Waals surface area (Å²) < 4.78 is 21.4. The third-order valence-electron chi connectivity index (χ3n) is 7.65. The summed E-state index contributed by atoms with van der Waals surface area (Å²) in [5.41, 5.74) is 3.22. The lowest BCUT2D eigenvalue weighted by Crippen LogP contribution is -2.41. The molecule has 0 bridgehead atoms. The number of phenolic OH excluding ortho intramolecular Hbond substituents is 1. The second kappa shape index (κ2) is 18.4. The van der Waals surface area contributed by atoms with Crippen LogP contribution >= 0.6 is 0 Å². The molecule has 236 valence electrons. The second-order valence-electron chi connectivity index (χ2n) is 12.0. The van der Waals surface area contributed by atoms with Gasteiger partial charge in [0.05, 0.1) is 25.4 Å². The molecule has 1 fully saturated rings. The average Bonchev–Trinajstić information content (AvgIpc) is 2.97. The standard InChI is InChI=1S/C23H29NO3.C11H25NO3/c1-24-13-11-23(12-14-24,20-6-3-2-4-7-20)21-18-19(8-9-22(21)26)10-17-27-16-5-15-25;1-11(2,3)15-8-7-12(4)9-10(13-5)14-6/h2-4,6-9,15,18,26H,5,10-14,16-17H2,1H3;10H,7-9H2,1-6H3. The zero-order valence-corrected chi connectivity index (χ0v) is 26.9. The van der Waals surface area contributed by atoms with Crippen LogP contribution in [-0.4, -0.2) is 107 Å². The Hall–Kier alpha value is -2.33. The molecule has 0 aromatic heterocycles. The number of rotatable bonds is 15. The molecule has 3 rings (SSSR count). The van der Waals surface area contributed by atoms with Gasteiger partial charge in [-0.15, -0.1) is 0 Å². The first-order valence-electron chi connectivity index (χ1n) is 15.0. The highest BCUT2D eigenvalue weighted by atomic mass is 16.7. The van der Waals surface area contributed by atoms with E-state index in [1.165, 1.54) is 5.56 Å². The smallest absolute Gasteiger partial charge is 0.169 e.